The van der Waals surface area contributed by atoms with Crippen LogP contribution in [0.3, 0.4) is 0 Å². The lowest BCUT2D eigenvalue weighted by Gasteiger charge is -2.28. The first-order valence-electron chi connectivity index (χ1n) is 11.1. The number of benzene rings is 1. The topological polar surface area (TPSA) is 89.8 Å². The van der Waals surface area contributed by atoms with Gasteiger partial charge in [-0.25, -0.2) is 19.9 Å². The average Bonchev–Trinajstić information content (AvgIpc) is 2.93. The van der Waals surface area contributed by atoms with Crippen molar-refractivity contribution in [3.63, 3.8) is 0 Å². The molecule has 6 rings (SSSR count). The third-order valence-electron chi connectivity index (χ3n) is 5.76. The lowest BCUT2D eigenvalue weighted by Crippen LogP contribution is -2.37. The fourth-order valence-electron chi connectivity index (χ4n) is 4.02. The van der Waals surface area contributed by atoms with Crippen LogP contribution in [0.5, 0.6) is 0 Å². The minimum Gasteiger partial charge on any atom is -0.378 e. The highest BCUT2D eigenvalue weighted by Gasteiger charge is 2.20. The second-order valence-corrected chi connectivity index (χ2v) is 7.93. The second-order valence-electron chi connectivity index (χ2n) is 7.93. The Kier molecular flexibility index (Phi) is 5.33. The summed E-state index contributed by atoms with van der Waals surface area (Å²) < 4.78 is 5.56. The molecule has 0 radical (unpaired) electrons. The SMILES string of the molecule is c1ccc(-c2nccc(-c3nc(N4CCOCC4)c4ncc(-c5ccncc5)cc4n3)n2)cc1. The summed E-state index contributed by atoms with van der Waals surface area (Å²) in [5.74, 6) is 1.98. The van der Waals surface area contributed by atoms with E-state index in [9.17, 15) is 0 Å². The van der Waals surface area contributed by atoms with Crippen molar-refractivity contribution in [2.24, 2.45) is 0 Å². The number of fused-ring (bicyclic) bond motifs is 1. The maximum Gasteiger partial charge on any atom is 0.181 e. The van der Waals surface area contributed by atoms with E-state index in [-0.39, 0.29) is 0 Å². The first-order valence-corrected chi connectivity index (χ1v) is 11.1. The van der Waals surface area contributed by atoms with E-state index in [4.69, 9.17) is 24.7 Å². The molecule has 1 saturated heterocycles. The molecule has 0 unspecified atom stereocenters. The quantitative estimate of drug-likeness (QED) is 0.408. The first kappa shape index (κ1) is 20.3. The van der Waals surface area contributed by atoms with Crippen molar-refractivity contribution in [3.8, 4) is 34.0 Å². The summed E-state index contributed by atoms with van der Waals surface area (Å²) in [6.07, 6.45) is 7.16. The van der Waals surface area contributed by atoms with Gasteiger partial charge in [0, 0.05) is 49.0 Å². The molecule has 4 aromatic heterocycles. The van der Waals surface area contributed by atoms with Gasteiger partial charge in [-0.05, 0) is 29.8 Å². The summed E-state index contributed by atoms with van der Waals surface area (Å²) in [5.41, 5.74) is 5.15. The molecular formula is C26H21N7O. The van der Waals surface area contributed by atoms with Crippen molar-refractivity contribution in [2.45, 2.75) is 0 Å². The van der Waals surface area contributed by atoms with Crippen LogP contribution < -0.4 is 4.90 Å². The Bertz CT molecular complexity index is 1440. The van der Waals surface area contributed by atoms with Crippen LogP contribution in [0.2, 0.25) is 0 Å². The molecular weight excluding hydrogens is 426 g/mol. The van der Waals surface area contributed by atoms with Crippen LogP contribution in [0, 0.1) is 0 Å². The van der Waals surface area contributed by atoms with Crippen LogP contribution in [0.25, 0.3) is 45.1 Å². The lowest BCUT2D eigenvalue weighted by molar-refractivity contribution is 0.122. The van der Waals surface area contributed by atoms with Gasteiger partial charge in [-0.15, -0.1) is 0 Å². The van der Waals surface area contributed by atoms with Crippen molar-refractivity contribution in [3.05, 3.63) is 79.4 Å². The van der Waals surface area contributed by atoms with Gasteiger partial charge in [0.15, 0.2) is 17.5 Å². The summed E-state index contributed by atoms with van der Waals surface area (Å²) in [6, 6.07) is 17.7. The summed E-state index contributed by atoms with van der Waals surface area (Å²) in [5, 5.41) is 0. The Morgan fingerprint density at radius 3 is 2.35 bits per heavy atom. The van der Waals surface area contributed by atoms with Crippen LogP contribution in [0.1, 0.15) is 0 Å². The molecule has 0 spiro atoms. The molecule has 34 heavy (non-hydrogen) atoms. The van der Waals surface area contributed by atoms with Gasteiger partial charge in [0.2, 0.25) is 0 Å². The van der Waals surface area contributed by atoms with Crippen molar-refractivity contribution in [1.29, 1.82) is 0 Å². The fourth-order valence-corrected chi connectivity index (χ4v) is 4.02. The normalized spacial score (nSPS) is 13.8. The number of rotatable bonds is 4. The molecule has 0 bridgehead atoms. The average molecular weight is 448 g/mol. The predicted octanol–water partition coefficient (Wildman–Crippen LogP) is 4.05. The lowest BCUT2D eigenvalue weighted by atomic mass is 10.1. The Hall–Kier alpha value is -4.30. The van der Waals surface area contributed by atoms with Gasteiger partial charge >= 0.3 is 0 Å². The number of hydrogen-bond acceptors (Lipinski definition) is 8. The van der Waals surface area contributed by atoms with Gasteiger partial charge in [-0.2, -0.15) is 0 Å². The molecule has 0 saturated carbocycles. The zero-order chi connectivity index (χ0) is 22.7. The maximum absolute atomic E-state index is 5.56. The third kappa shape index (κ3) is 3.95. The van der Waals surface area contributed by atoms with Crippen LogP contribution >= 0.6 is 0 Å². The Labute approximate surface area is 196 Å². The molecule has 0 N–H and O–H groups in total. The Morgan fingerprint density at radius 1 is 0.706 bits per heavy atom. The van der Waals surface area contributed by atoms with Gasteiger partial charge in [0.25, 0.3) is 0 Å². The Balaban J connectivity index is 1.51. The van der Waals surface area contributed by atoms with E-state index in [2.05, 4.69) is 14.9 Å². The molecule has 5 aromatic rings. The van der Waals surface area contributed by atoms with E-state index in [1.165, 1.54) is 0 Å². The van der Waals surface area contributed by atoms with E-state index in [1.807, 2.05) is 60.8 Å². The van der Waals surface area contributed by atoms with Gasteiger partial charge in [0.05, 0.1) is 18.7 Å². The molecule has 1 aliphatic heterocycles. The fraction of sp³-hybridized carbons (Fsp3) is 0.154. The van der Waals surface area contributed by atoms with Gasteiger partial charge in [-0.1, -0.05) is 30.3 Å². The third-order valence-corrected chi connectivity index (χ3v) is 5.76. The molecule has 8 nitrogen and oxygen atoms in total. The number of nitrogens with zero attached hydrogens (tertiary/aromatic N) is 7. The van der Waals surface area contributed by atoms with E-state index < -0.39 is 0 Å². The zero-order valence-corrected chi connectivity index (χ0v) is 18.4. The molecule has 0 aliphatic carbocycles. The highest BCUT2D eigenvalue weighted by Crippen LogP contribution is 2.29. The van der Waals surface area contributed by atoms with Crippen molar-refractivity contribution in [1.82, 2.24) is 29.9 Å². The molecule has 8 heteroatoms. The van der Waals surface area contributed by atoms with Gasteiger partial charge in [0.1, 0.15) is 11.2 Å². The molecule has 0 amide bonds. The standard InChI is InChI=1S/C26H21N7O/c1-2-4-19(5-3-1)24-28-11-8-21(30-24)25-31-22-16-20(18-6-9-27-10-7-18)17-29-23(22)26(32-25)33-12-14-34-15-13-33/h1-11,16-17H,12-15H2. The van der Waals surface area contributed by atoms with E-state index >= 15 is 0 Å². The number of hydrogen-bond donors (Lipinski definition) is 0. The molecule has 1 fully saturated rings. The number of ether oxygens (including phenoxy) is 1. The summed E-state index contributed by atoms with van der Waals surface area (Å²) in [4.78, 5) is 30.1. The Morgan fingerprint density at radius 2 is 1.53 bits per heavy atom. The van der Waals surface area contributed by atoms with Crippen LogP contribution in [0.15, 0.2) is 79.4 Å². The van der Waals surface area contributed by atoms with Crippen molar-refractivity contribution >= 4 is 16.9 Å². The van der Waals surface area contributed by atoms with E-state index in [1.54, 1.807) is 18.6 Å². The molecule has 5 heterocycles. The highest BCUT2D eigenvalue weighted by atomic mass is 16.5. The maximum atomic E-state index is 5.56. The first-order chi connectivity index (χ1) is 16.8. The minimum absolute atomic E-state index is 0.544. The largest absolute Gasteiger partial charge is 0.378 e. The highest BCUT2D eigenvalue weighted by molar-refractivity contribution is 5.90. The van der Waals surface area contributed by atoms with Crippen molar-refractivity contribution in [2.75, 3.05) is 31.2 Å². The summed E-state index contributed by atoms with van der Waals surface area (Å²) >= 11 is 0. The number of morpholine rings is 1. The van der Waals surface area contributed by atoms with E-state index in [0.29, 0.717) is 30.6 Å². The van der Waals surface area contributed by atoms with Crippen LogP contribution in [-0.4, -0.2) is 56.2 Å². The molecule has 0 atom stereocenters. The smallest absolute Gasteiger partial charge is 0.181 e. The molecule has 166 valence electrons. The van der Waals surface area contributed by atoms with E-state index in [0.717, 1.165) is 46.6 Å². The van der Waals surface area contributed by atoms with Crippen LogP contribution in [0.4, 0.5) is 5.82 Å². The number of anilines is 1. The summed E-state index contributed by atoms with van der Waals surface area (Å²) in [7, 11) is 0. The molecule has 1 aliphatic rings. The minimum atomic E-state index is 0.544. The predicted molar refractivity (Wildman–Crippen MR) is 130 cm³/mol. The molecule has 1 aromatic carbocycles. The zero-order valence-electron chi connectivity index (χ0n) is 18.4. The number of pyridine rings is 2. The van der Waals surface area contributed by atoms with Gasteiger partial charge in [-0.3, -0.25) is 9.97 Å². The second kappa shape index (κ2) is 8.92. The van der Waals surface area contributed by atoms with Gasteiger partial charge < -0.3 is 9.64 Å². The van der Waals surface area contributed by atoms with Crippen molar-refractivity contribution < 1.29 is 4.74 Å². The monoisotopic (exact) mass is 447 g/mol. The number of aromatic nitrogens is 6. The van der Waals surface area contributed by atoms with Crippen LogP contribution in [-0.2, 0) is 4.74 Å². The summed E-state index contributed by atoms with van der Waals surface area (Å²) in [6.45, 7) is 2.81.